The molecule has 9 unspecified atom stereocenters. The summed E-state index contributed by atoms with van der Waals surface area (Å²) in [6.07, 6.45) is -2.04. The molecule has 196 valence electrons. The van der Waals surface area contributed by atoms with Crippen LogP contribution in [0.4, 0.5) is 0 Å². The summed E-state index contributed by atoms with van der Waals surface area (Å²) >= 11 is 0. The fourth-order valence-corrected chi connectivity index (χ4v) is 8.99. The van der Waals surface area contributed by atoms with Gasteiger partial charge in [0.1, 0.15) is 36.1 Å². The van der Waals surface area contributed by atoms with E-state index >= 15 is 0 Å². The van der Waals surface area contributed by atoms with Crippen LogP contribution in [-0.2, 0) is 19.1 Å². The molecule has 1 saturated heterocycles. The van der Waals surface area contributed by atoms with Crippen LogP contribution < -0.4 is 0 Å². The Kier molecular flexibility index (Phi) is 6.02. The number of aldehydes is 1. The maximum absolute atomic E-state index is 14.4. The second-order valence-corrected chi connectivity index (χ2v) is 11.9. The third-order valence-corrected chi connectivity index (χ3v) is 10.5. The lowest BCUT2D eigenvalue weighted by atomic mass is 9.43. The zero-order chi connectivity index (χ0) is 25.5. The average molecular weight is 495 g/mol. The van der Waals surface area contributed by atoms with Gasteiger partial charge in [0.05, 0.1) is 18.6 Å². The highest BCUT2D eigenvalue weighted by Gasteiger charge is 2.84. The standard InChI is InChI=1S/C26H38O9/c1-12(2)17-6-14-7-25(11-29)16-5-4-13(3)15(16)8-24(14,10-28)26(17,25)23(33)35-22-21(32)20(31)19(30)18(9-27)34-22/h6,11-16,18-22,27-28,30-32H,4-5,7-10H2,1-3H3/t13-,14?,15-,16-,18?,19?,20?,21?,22?,24?,25?,26?/m1/s1. The molecule has 9 nitrogen and oxygen atoms in total. The van der Waals surface area contributed by atoms with Gasteiger partial charge in [0.15, 0.2) is 0 Å². The van der Waals surface area contributed by atoms with Crippen molar-refractivity contribution in [2.24, 2.45) is 45.8 Å². The molecule has 3 saturated carbocycles. The molecule has 5 aliphatic rings. The summed E-state index contributed by atoms with van der Waals surface area (Å²) in [5.41, 5.74) is -2.59. The summed E-state index contributed by atoms with van der Waals surface area (Å²) in [7, 11) is 0. The fourth-order valence-electron chi connectivity index (χ4n) is 8.99. The Morgan fingerprint density at radius 2 is 1.89 bits per heavy atom. The maximum Gasteiger partial charge on any atom is 0.320 e. The van der Waals surface area contributed by atoms with E-state index < -0.39 is 59.5 Å². The minimum atomic E-state index is -1.74. The number of fused-ring (bicyclic) bond motifs is 2. The largest absolute Gasteiger partial charge is 0.432 e. The molecular formula is C26H38O9. The second kappa shape index (κ2) is 8.33. The smallest absolute Gasteiger partial charge is 0.320 e. The molecule has 1 aliphatic heterocycles. The predicted octanol–water partition coefficient (Wildman–Crippen LogP) is 0.162. The first-order valence-electron chi connectivity index (χ1n) is 12.9. The number of hydrogen-bond acceptors (Lipinski definition) is 9. The molecule has 5 N–H and O–H groups in total. The number of esters is 1. The van der Waals surface area contributed by atoms with E-state index in [1.165, 1.54) is 0 Å². The molecular weight excluding hydrogens is 456 g/mol. The van der Waals surface area contributed by atoms with Gasteiger partial charge in [-0.2, -0.15) is 0 Å². The highest BCUT2D eigenvalue weighted by Crippen LogP contribution is 2.82. The van der Waals surface area contributed by atoms with Crippen molar-refractivity contribution in [2.45, 2.75) is 77.2 Å². The Morgan fingerprint density at radius 3 is 2.49 bits per heavy atom. The van der Waals surface area contributed by atoms with Gasteiger partial charge in [-0.3, -0.25) is 4.79 Å². The number of ether oxygens (including phenoxy) is 2. The summed E-state index contributed by atoms with van der Waals surface area (Å²) in [6, 6.07) is 0. The van der Waals surface area contributed by atoms with Crippen LogP contribution in [0.2, 0.25) is 0 Å². The van der Waals surface area contributed by atoms with Crippen LogP contribution in [0.15, 0.2) is 11.6 Å². The van der Waals surface area contributed by atoms with Gasteiger partial charge in [-0.1, -0.05) is 38.8 Å². The van der Waals surface area contributed by atoms with E-state index in [0.29, 0.717) is 18.8 Å². The van der Waals surface area contributed by atoms with E-state index in [2.05, 4.69) is 13.0 Å². The third-order valence-electron chi connectivity index (χ3n) is 10.5. The molecule has 0 spiro atoms. The van der Waals surface area contributed by atoms with E-state index in [9.17, 15) is 35.1 Å². The van der Waals surface area contributed by atoms with Gasteiger partial charge in [0, 0.05) is 5.41 Å². The van der Waals surface area contributed by atoms with E-state index in [-0.39, 0.29) is 30.3 Å². The first-order chi connectivity index (χ1) is 16.6. The molecule has 12 atom stereocenters. The van der Waals surface area contributed by atoms with Crippen LogP contribution in [-0.4, -0.2) is 81.7 Å². The fraction of sp³-hybridized carbons (Fsp3) is 0.846. The van der Waals surface area contributed by atoms with E-state index in [1.54, 1.807) is 0 Å². The number of rotatable bonds is 6. The van der Waals surface area contributed by atoms with Gasteiger partial charge in [-0.05, 0) is 48.9 Å². The number of aliphatic hydroxyl groups excluding tert-OH is 5. The van der Waals surface area contributed by atoms with Crippen molar-refractivity contribution >= 4 is 12.3 Å². The number of carbonyl (C=O) groups is 2. The van der Waals surface area contributed by atoms with Crippen LogP contribution in [0.25, 0.3) is 0 Å². The minimum Gasteiger partial charge on any atom is -0.432 e. The lowest BCUT2D eigenvalue weighted by Gasteiger charge is -2.58. The summed E-state index contributed by atoms with van der Waals surface area (Å²) < 4.78 is 11.3. The Labute approximate surface area is 205 Å². The minimum absolute atomic E-state index is 0.0236. The highest BCUT2D eigenvalue weighted by molar-refractivity contribution is 5.91. The second-order valence-electron chi connectivity index (χ2n) is 11.9. The summed E-state index contributed by atoms with van der Waals surface area (Å²) in [6.45, 7) is 5.17. The van der Waals surface area contributed by atoms with Gasteiger partial charge >= 0.3 is 5.97 Å². The van der Waals surface area contributed by atoms with Crippen molar-refractivity contribution < 1.29 is 44.6 Å². The normalized spacial score (nSPS) is 52.4. The van der Waals surface area contributed by atoms with Crippen molar-refractivity contribution in [3.05, 3.63) is 11.6 Å². The third kappa shape index (κ3) is 2.85. The van der Waals surface area contributed by atoms with Gasteiger partial charge in [0.2, 0.25) is 6.29 Å². The van der Waals surface area contributed by atoms with Gasteiger partial charge in [-0.15, -0.1) is 0 Å². The molecule has 0 aromatic rings. The first kappa shape index (κ1) is 25.3. The number of hydrogen-bond donors (Lipinski definition) is 5. The Bertz CT molecular complexity index is 916. The summed E-state index contributed by atoms with van der Waals surface area (Å²) in [4.78, 5) is 27.6. The summed E-state index contributed by atoms with van der Waals surface area (Å²) in [5, 5.41) is 51.4. The Balaban J connectivity index is 1.62. The number of allylic oxidation sites excluding steroid dienone is 1. The monoisotopic (exact) mass is 494 g/mol. The topological polar surface area (TPSA) is 154 Å². The molecule has 9 heteroatoms. The zero-order valence-corrected chi connectivity index (χ0v) is 20.5. The van der Waals surface area contributed by atoms with Crippen LogP contribution >= 0.6 is 0 Å². The first-order valence-corrected chi connectivity index (χ1v) is 12.9. The van der Waals surface area contributed by atoms with Crippen LogP contribution in [0, 0.1) is 45.8 Å². The SMILES string of the molecule is CC(C)C1=CC2CC3(C=O)[C@@H]4CC[C@@H](C)[C@H]4CC2(CO)C13C(=O)OC1OC(CO)C(O)C(O)C1O. The van der Waals surface area contributed by atoms with Crippen molar-refractivity contribution in [3.63, 3.8) is 0 Å². The van der Waals surface area contributed by atoms with Crippen molar-refractivity contribution in [2.75, 3.05) is 13.2 Å². The summed E-state index contributed by atoms with van der Waals surface area (Å²) in [5.74, 6) is -0.432. The van der Waals surface area contributed by atoms with E-state index in [4.69, 9.17) is 9.47 Å². The van der Waals surface area contributed by atoms with Crippen molar-refractivity contribution in [3.8, 4) is 0 Å². The van der Waals surface area contributed by atoms with Crippen molar-refractivity contribution in [1.82, 2.24) is 0 Å². The van der Waals surface area contributed by atoms with Gasteiger partial charge in [0.25, 0.3) is 0 Å². The van der Waals surface area contributed by atoms with Crippen LogP contribution in [0.1, 0.15) is 46.5 Å². The molecule has 1 heterocycles. The number of aliphatic hydroxyl groups is 5. The van der Waals surface area contributed by atoms with E-state index in [0.717, 1.165) is 24.7 Å². The predicted molar refractivity (Wildman–Crippen MR) is 121 cm³/mol. The highest BCUT2D eigenvalue weighted by atomic mass is 16.7. The molecule has 0 aromatic heterocycles. The molecule has 0 amide bonds. The van der Waals surface area contributed by atoms with Crippen LogP contribution in [0.5, 0.6) is 0 Å². The molecule has 4 bridgehead atoms. The molecule has 35 heavy (non-hydrogen) atoms. The lowest BCUT2D eigenvalue weighted by molar-refractivity contribution is -0.299. The molecule has 4 aliphatic carbocycles. The molecule has 0 radical (unpaired) electrons. The maximum atomic E-state index is 14.4. The van der Waals surface area contributed by atoms with Gasteiger partial charge in [-0.25, -0.2) is 0 Å². The Hall–Kier alpha value is -1.36. The zero-order valence-electron chi connectivity index (χ0n) is 20.5. The van der Waals surface area contributed by atoms with Crippen LogP contribution in [0.3, 0.4) is 0 Å². The van der Waals surface area contributed by atoms with Gasteiger partial charge < -0.3 is 39.8 Å². The Morgan fingerprint density at radius 1 is 1.17 bits per heavy atom. The number of carbonyl (C=O) groups excluding carboxylic acids is 2. The van der Waals surface area contributed by atoms with Crippen molar-refractivity contribution in [1.29, 1.82) is 0 Å². The molecule has 5 rings (SSSR count). The molecule has 0 aromatic carbocycles. The average Bonchev–Trinajstić information content (AvgIpc) is 3.41. The quantitative estimate of drug-likeness (QED) is 0.197. The molecule has 4 fully saturated rings. The van der Waals surface area contributed by atoms with E-state index in [1.807, 2.05) is 13.8 Å². The lowest BCUT2D eigenvalue weighted by Crippen LogP contribution is -2.65.